The first-order valence-electron chi connectivity index (χ1n) is 8.63. The number of amides is 1. The Kier molecular flexibility index (Phi) is 7.96. The van der Waals surface area contributed by atoms with Crippen LogP contribution in [0.3, 0.4) is 0 Å². The minimum atomic E-state index is -3.86. The summed E-state index contributed by atoms with van der Waals surface area (Å²) in [6.07, 6.45) is -0.237. The molecule has 1 saturated heterocycles. The van der Waals surface area contributed by atoms with Crippen molar-refractivity contribution in [1.29, 1.82) is 0 Å². The fourth-order valence-corrected chi connectivity index (χ4v) is 4.92. The van der Waals surface area contributed by atoms with E-state index >= 15 is 0 Å². The largest absolute Gasteiger partial charge is 0.383 e. The summed E-state index contributed by atoms with van der Waals surface area (Å²) in [7, 11) is -2.46. The van der Waals surface area contributed by atoms with Crippen LogP contribution < -0.4 is 0 Å². The Morgan fingerprint density at radius 1 is 1.30 bits per heavy atom. The van der Waals surface area contributed by atoms with Crippen molar-refractivity contribution >= 4 is 27.5 Å². The third kappa shape index (κ3) is 5.60. The number of ether oxygens (including phenoxy) is 1. The number of piperidine rings is 1. The Bertz CT molecular complexity index is 755. The van der Waals surface area contributed by atoms with Crippen molar-refractivity contribution in [2.45, 2.75) is 30.6 Å². The molecule has 1 aliphatic rings. The maximum Gasteiger partial charge on any atom is 0.255 e. The Morgan fingerprint density at radius 3 is 2.56 bits per heavy atom. The van der Waals surface area contributed by atoms with E-state index in [1.165, 1.54) is 29.6 Å². The molecule has 0 aromatic heterocycles. The van der Waals surface area contributed by atoms with Crippen LogP contribution in [0.1, 0.15) is 29.6 Å². The van der Waals surface area contributed by atoms with Gasteiger partial charge in [-0.1, -0.05) is 18.0 Å². The van der Waals surface area contributed by atoms with Gasteiger partial charge in [0.15, 0.2) is 0 Å². The Morgan fingerprint density at radius 2 is 1.96 bits per heavy atom. The minimum Gasteiger partial charge on any atom is -0.383 e. The number of sulfonamides is 1. The lowest BCUT2D eigenvalue weighted by Crippen LogP contribution is -2.38. The zero-order chi connectivity index (χ0) is 20.0. The van der Waals surface area contributed by atoms with Crippen LogP contribution in [0.5, 0.6) is 0 Å². The molecule has 1 aliphatic heterocycles. The molecule has 1 fully saturated rings. The summed E-state index contributed by atoms with van der Waals surface area (Å²) in [4.78, 5) is 13.4. The first-order chi connectivity index (χ1) is 12.8. The fourth-order valence-electron chi connectivity index (χ4n) is 2.90. The van der Waals surface area contributed by atoms with Gasteiger partial charge in [0.25, 0.3) is 12.3 Å². The van der Waals surface area contributed by atoms with Gasteiger partial charge >= 0.3 is 0 Å². The lowest BCUT2D eigenvalue weighted by molar-refractivity contribution is 0.0478. The minimum absolute atomic E-state index is 0.00516. The second kappa shape index (κ2) is 9.77. The van der Waals surface area contributed by atoms with Crippen LogP contribution in [0.2, 0.25) is 5.02 Å². The maximum atomic E-state index is 12.9. The van der Waals surface area contributed by atoms with E-state index in [1.807, 2.05) is 0 Å². The molecular formula is C17H23ClF2N2O4S. The molecule has 0 bridgehead atoms. The molecule has 27 heavy (non-hydrogen) atoms. The number of halogens is 3. The topological polar surface area (TPSA) is 66.9 Å². The number of nitrogens with zero attached hydrogens (tertiary/aromatic N) is 2. The number of hydrogen-bond donors (Lipinski definition) is 0. The van der Waals surface area contributed by atoms with Crippen LogP contribution in [-0.4, -0.2) is 69.9 Å². The van der Waals surface area contributed by atoms with Crippen LogP contribution in [0.4, 0.5) is 8.78 Å². The number of methoxy groups -OCH3 is 1. The molecule has 0 N–H and O–H groups in total. The van der Waals surface area contributed by atoms with E-state index in [-0.39, 0.29) is 28.6 Å². The van der Waals surface area contributed by atoms with Gasteiger partial charge in [0.05, 0.1) is 18.2 Å². The smallest absolute Gasteiger partial charge is 0.255 e. The van der Waals surface area contributed by atoms with Gasteiger partial charge in [-0.3, -0.25) is 4.79 Å². The average Bonchev–Trinajstić information content (AvgIpc) is 2.65. The first kappa shape index (κ1) is 22.0. The lowest BCUT2D eigenvalue weighted by atomic mass is 10.2. The van der Waals surface area contributed by atoms with Gasteiger partial charge in [0.2, 0.25) is 10.0 Å². The zero-order valence-electron chi connectivity index (χ0n) is 15.0. The molecule has 0 saturated carbocycles. The van der Waals surface area contributed by atoms with Crippen LogP contribution >= 0.6 is 11.6 Å². The highest BCUT2D eigenvalue weighted by Crippen LogP contribution is 2.28. The molecule has 152 valence electrons. The van der Waals surface area contributed by atoms with E-state index in [2.05, 4.69) is 0 Å². The monoisotopic (exact) mass is 424 g/mol. The third-order valence-corrected chi connectivity index (χ3v) is 6.70. The van der Waals surface area contributed by atoms with Gasteiger partial charge in [-0.15, -0.1) is 0 Å². The molecule has 6 nitrogen and oxygen atoms in total. The average molecular weight is 425 g/mol. The normalized spacial score (nSPS) is 15.9. The number of alkyl halides is 2. The molecule has 0 radical (unpaired) electrons. The molecule has 2 rings (SSSR count). The van der Waals surface area contributed by atoms with Crippen molar-refractivity contribution in [1.82, 2.24) is 9.21 Å². The molecule has 0 atom stereocenters. The third-order valence-electron chi connectivity index (χ3n) is 4.32. The molecule has 0 unspecified atom stereocenters. The highest BCUT2D eigenvalue weighted by Gasteiger charge is 2.29. The standard InChI is InChI=1S/C17H23ClF2N2O4S/c1-26-10-9-21(12-16(19)20)17(23)13-5-6-14(18)15(11-13)27(24,25)22-7-3-2-4-8-22/h5-6,11,16H,2-4,7-10,12H2,1H3. The molecule has 1 aromatic carbocycles. The molecule has 1 aromatic rings. The second-order valence-corrected chi connectivity index (χ2v) is 8.56. The number of carbonyl (C=O) groups excluding carboxylic acids is 1. The Balaban J connectivity index is 2.33. The molecule has 1 amide bonds. The molecular weight excluding hydrogens is 402 g/mol. The molecule has 0 aliphatic carbocycles. The van der Waals surface area contributed by atoms with E-state index in [4.69, 9.17) is 16.3 Å². The second-order valence-electron chi connectivity index (χ2n) is 6.24. The SMILES string of the molecule is COCCN(CC(F)F)C(=O)c1ccc(Cl)c(S(=O)(=O)N2CCCCC2)c1. The molecule has 1 heterocycles. The van der Waals surface area contributed by atoms with Crippen LogP contribution in [0, 0.1) is 0 Å². The summed E-state index contributed by atoms with van der Waals surface area (Å²) in [5.74, 6) is -0.695. The van der Waals surface area contributed by atoms with Crippen molar-refractivity contribution in [2.75, 3.05) is 39.9 Å². The number of rotatable bonds is 8. The van der Waals surface area contributed by atoms with Crippen molar-refractivity contribution in [3.05, 3.63) is 28.8 Å². The van der Waals surface area contributed by atoms with E-state index in [0.717, 1.165) is 24.2 Å². The van der Waals surface area contributed by atoms with Gasteiger partial charge in [-0.05, 0) is 31.0 Å². The molecule has 10 heteroatoms. The number of hydrogen-bond acceptors (Lipinski definition) is 4. The van der Waals surface area contributed by atoms with Crippen LogP contribution in [-0.2, 0) is 14.8 Å². The van der Waals surface area contributed by atoms with Crippen molar-refractivity contribution in [3.8, 4) is 0 Å². The summed E-state index contributed by atoms with van der Waals surface area (Å²) in [5, 5.41) is -0.00516. The van der Waals surface area contributed by atoms with Crippen molar-refractivity contribution in [3.63, 3.8) is 0 Å². The zero-order valence-corrected chi connectivity index (χ0v) is 16.6. The lowest BCUT2D eigenvalue weighted by Gasteiger charge is -2.27. The summed E-state index contributed by atoms with van der Waals surface area (Å²) in [6, 6.07) is 3.81. The number of benzene rings is 1. The fraction of sp³-hybridized carbons (Fsp3) is 0.588. The highest BCUT2D eigenvalue weighted by atomic mass is 35.5. The summed E-state index contributed by atoms with van der Waals surface area (Å²) in [5.41, 5.74) is -0.00765. The summed E-state index contributed by atoms with van der Waals surface area (Å²) >= 11 is 6.08. The maximum absolute atomic E-state index is 12.9. The van der Waals surface area contributed by atoms with Crippen LogP contribution in [0.15, 0.2) is 23.1 Å². The van der Waals surface area contributed by atoms with E-state index < -0.39 is 28.9 Å². The van der Waals surface area contributed by atoms with Crippen molar-refractivity contribution < 1.29 is 26.7 Å². The first-order valence-corrected chi connectivity index (χ1v) is 10.4. The summed E-state index contributed by atoms with van der Waals surface area (Å²) < 4.78 is 57.6. The van der Waals surface area contributed by atoms with Gasteiger partial charge < -0.3 is 9.64 Å². The predicted molar refractivity (Wildman–Crippen MR) is 97.8 cm³/mol. The van der Waals surface area contributed by atoms with E-state index in [0.29, 0.717) is 13.1 Å². The van der Waals surface area contributed by atoms with Gasteiger partial charge in [0.1, 0.15) is 4.90 Å². The molecule has 0 spiro atoms. The predicted octanol–water partition coefficient (Wildman–Crippen LogP) is 2.87. The van der Waals surface area contributed by atoms with E-state index in [9.17, 15) is 22.0 Å². The van der Waals surface area contributed by atoms with Gasteiger partial charge in [0, 0.05) is 32.3 Å². The van der Waals surface area contributed by atoms with Gasteiger partial charge in [-0.25, -0.2) is 17.2 Å². The Labute approximate surface area is 163 Å². The van der Waals surface area contributed by atoms with Crippen LogP contribution in [0.25, 0.3) is 0 Å². The quantitative estimate of drug-likeness (QED) is 0.643. The van der Waals surface area contributed by atoms with E-state index in [1.54, 1.807) is 0 Å². The number of carbonyl (C=O) groups is 1. The highest BCUT2D eigenvalue weighted by molar-refractivity contribution is 7.89. The van der Waals surface area contributed by atoms with Gasteiger partial charge in [-0.2, -0.15) is 4.31 Å². The Hall–Kier alpha value is -1.29. The van der Waals surface area contributed by atoms with Crippen molar-refractivity contribution in [2.24, 2.45) is 0 Å². The summed E-state index contributed by atoms with van der Waals surface area (Å²) in [6.45, 7) is 0.0743.